The quantitative estimate of drug-likeness (QED) is 0.0199. The number of nitrogens with two attached hydrogens (primary N) is 18. The summed E-state index contributed by atoms with van der Waals surface area (Å²) in [6.45, 7) is 2.35. The highest BCUT2D eigenvalue weighted by Crippen LogP contribution is 2.45. The second kappa shape index (κ2) is 59.6. The zero-order chi connectivity index (χ0) is 110. The number of hydrogen-bond donors (Lipinski definition) is 39. The Kier molecular flexibility index (Phi) is 50.2. The van der Waals surface area contributed by atoms with E-state index in [9.17, 15) is 102 Å². The minimum absolute atomic E-state index is 0.0512. The van der Waals surface area contributed by atoms with Gasteiger partial charge < -0.3 is 296 Å². The Balaban J connectivity index is 0.000000213. The minimum atomic E-state index is -1.69. The Labute approximate surface area is 868 Å². The van der Waals surface area contributed by atoms with E-state index in [4.69, 9.17) is 188 Å². The molecule has 13 aliphatic rings. The fourth-order valence-electron chi connectivity index (χ4n) is 20.4. The van der Waals surface area contributed by atoms with Crippen LogP contribution in [0.3, 0.4) is 0 Å². The van der Waals surface area contributed by atoms with Gasteiger partial charge in [0.2, 0.25) is 0 Å². The van der Waals surface area contributed by atoms with Crippen LogP contribution in [0.25, 0.3) is 0 Å². The normalized spacial score (nSPS) is 46.0. The van der Waals surface area contributed by atoms with E-state index in [-0.39, 0.29) is 70.9 Å². The smallest absolute Gasteiger partial charge is 0.187 e. The van der Waals surface area contributed by atoms with Gasteiger partial charge in [-0.25, -0.2) is 0 Å². The lowest BCUT2D eigenvalue weighted by atomic mass is 9.76. The molecular formula is C91H173N21O38. The van der Waals surface area contributed by atoms with Gasteiger partial charge in [0.15, 0.2) is 68.2 Å². The highest BCUT2D eigenvalue weighted by atomic mass is 16.8. The molecule has 6 saturated heterocycles. The third kappa shape index (κ3) is 31.8. The van der Waals surface area contributed by atoms with E-state index in [2.05, 4.69) is 16.0 Å². The second-order valence-electron chi connectivity index (χ2n) is 40.8. The number of carbonyl (C=O) groups is 2. The largest absolute Gasteiger partial charge is 0.394 e. The van der Waals surface area contributed by atoms with Crippen LogP contribution in [-0.4, -0.2) is 533 Å². The van der Waals surface area contributed by atoms with Crippen LogP contribution in [0.1, 0.15) is 70.6 Å². The molecule has 13 rings (SSSR count). The Bertz CT molecular complexity index is 4040. The molecule has 57 N–H and O–H groups in total. The summed E-state index contributed by atoms with van der Waals surface area (Å²) in [4.78, 5) is 25.7. The summed E-state index contributed by atoms with van der Waals surface area (Å²) in [6.07, 6.45) is -36.6. The predicted molar refractivity (Wildman–Crippen MR) is 522 cm³/mol. The van der Waals surface area contributed by atoms with E-state index < -0.39 is 361 Å². The fourth-order valence-corrected chi connectivity index (χ4v) is 20.4. The van der Waals surface area contributed by atoms with E-state index in [1.807, 2.05) is 6.08 Å². The number of rotatable bonds is 50. The highest BCUT2D eigenvalue weighted by molar-refractivity contribution is 5.91. The lowest BCUT2D eigenvalue weighted by Gasteiger charge is -2.46. The molecule has 9 heterocycles. The van der Waals surface area contributed by atoms with Gasteiger partial charge in [0, 0.05) is 95.8 Å². The first kappa shape index (κ1) is 126. The van der Waals surface area contributed by atoms with Crippen molar-refractivity contribution < 1.29 is 187 Å². The number of ketones is 2. The molecule has 55 atom stereocenters. The number of nitrogens with one attached hydrogen (secondary N) is 3. The van der Waals surface area contributed by atoms with E-state index in [0.29, 0.717) is 78.2 Å². The van der Waals surface area contributed by atoms with Crippen LogP contribution in [0.4, 0.5) is 0 Å². The third-order valence-corrected chi connectivity index (χ3v) is 29.7. The second-order valence-corrected chi connectivity index (χ2v) is 40.8. The first-order valence-electron chi connectivity index (χ1n) is 51.8. The monoisotopic (exact) mass is 2170 g/mol. The Morgan fingerprint density at radius 2 is 0.627 bits per heavy atom. The standard InChI is InChI=1S/C31H57N7O13.C30H57N7O13.C30H59N7O12/c32-4-1-5-38-10-13-2-3-14(34)28(46-13)49-25-15(35)6-12(7-19(40)31(45)8-18(31)36)21(41)27(25)51-30-24(44)26(17(11-39)48-30)50-29-20(37)23(43)22(42)16(9-33)47-29;31-4-1-5-37-10-13-2-3-14(34)28(45-13)48-25-15(35)6-12(7-16(39)17(40)8-32)21(41)27(25)50-30-24(44)26(19(11-38)47-30)49-29-20(36)23(43)22(42)18(9-33)46-29;31-6-1-7-37-11-15-4-5-16(34)28(44-15)47-25-17(35)8-13(2-3-14(39)9-32)21(40)27(25)49-30-24(43)26(19(12-38)46-30)48-29-20(36)23(42)22(41)18(10-33)45-29/h2-3,12-18,20-30,38-39,41-45H,1,4-11,32-37H2;2-3,12-15,17-30,37-38,40-44H,1,4-11,31-36H2;4-5,13-30,37-43H,1-3,6-12,31-36H2/t12-,13-,14+,15-,16-,17+,18?,20+,21-,22+,23+,24+,25+,26+,27+,28+,29+,30-,31?;12-,13-,14+,15-,17?,18-,19+,20+,21-,22+,23+,24+,25+,26+,27+,28+,29+,30-;13-,14?,15+,16-,17+,18+,19-,20-,21+,22-,23-,24-,25-,26-,27-,28-,29-,30+/m001/s1. The van der Waals surface area contributed by atoms with Crippen LogP contribution in [0.2, 0.25) is 0 Å². The van der Waals surface area contributed by atoms with Crippen LogP contribution in [0.15, 0.2) is 36.5 Å². The number of aliphatic hydroxyl groups is 18. The summed E-state index contributed by atoms with van der Waals surface area (Å²) in [7, 11) is 0. The third-order valence-electron chi connectivity index (χ3n) is 29.7. The van der Waals surface area contributed by atoms with Crippen molar-refractivity contribution in [2.75, 3.05) is 111 Å². The molecule has 4 aliphatic carbocycles. The van der Waals surface area contributed by atoms with Crippen molar-refractivity contribution in [1.82, 2.24) is 16.0 Å². The molecule has 0 radical (unpaired) electrons. The van der Waals surface area contributed by atoms with Crippen molar-refractivity contribution in [3.05, 3.63) is 36.5 Å². The molecule has 59 heteroatoms. The van der Waals surface area contributed by atoms with E-state index in [1.54, 1.807) is 30.4 Å². The Hall–Kier alpha value is -3.72. The first-order chi connectivity index (χ1) is 71.5. The number of Topliss-reactive ketones (excluding diaryl/α,β-unsaturated/α-hetero) is 2. The summed E-state index contributed by atoms with van der Waals surface area (Å²) in [6, 6.07) is -9.01. The molecule has 0 aromatic carbocycles. The summed E-state index contributed by atoms with van der Waals surface area (Å²) >= 11 is 0. The number of carbonyl (C=O) groups excluding carboxylic acids is 2. The molecule has 0 amide bonds. The minimum Gasteiger partial charge on any atom is -0.394 e. The maximum Gasteiger partial charge on any atom is 0.187 e. The van der Waals surface area contributed by atoms with Crippen molar-refractivity contribution in [3.8, 4) is 0 Å². The molecule has 0 spiro atoms. The van der Waals surface area contributed by atoms with Gasteiger partial charge in [-0.2, -0.15) is 0 Å². The average Bonchev–Trinajstić information content (AvgIpc) is 1.60. The van der Waals surface area contributed by atoms with Crippen molar-refractivity contribution in [2.45, 2.75) is 389 Å². The van der Waals surface area contributed by atoms with Crippen molar-refractivity contribution >= 4 is 11.6 Å². The molecule has 870 valence electrons. The summed E-state index contributed by atoms with van der Waals surface area (Å²) < 4.78 is 108. The van der Waals surface area contributed by atoms with Crippen LogP contribution >= 0.6 is 0 Å². The molecule has 4 unspecified atom stereocenters. The highest BCUT2D eigenvalue weighted by Gasteiger charge is 2.62. The first-order valence-corrected chi connectivity index (χ1v) is 51.8. The SMILES string of the molecule is NCCCNC[C@@H]1C=C[C@@H](N)[C@@H](O[C@H]2[C@H](O[C@@H]3O[C@H](CO)[C@@H](O[C@H]4O[C@@H](CN)[C@@H](O)[C@H](O)[C@H]4N)[C@H]3O)[C@@H](O)[C@H](CC(=O)C(O)CN)C[C@@H]2N)O1.NCCCNC[C@@H]1C=C[C@@H](N)[C@@H](O[C@H]2[C@H](O[C@@H]3O[C@H](CO)[C@@H](O[C@H]4O[C@@H](CN)[C@@H](O)[C@H](O)[C@H]4N)[C@H]3O)[C@@H](O)[C@H](CC(=O)C3(O)CC3N)C[C@@H]2N)O1.NCCCNC[C@@H]1C=C[C@@H](N)[C@@H](O[C@H]2[C@H](O[C@@H]3O[C@H](CO)[C@@H](O[C@H]4O[C@@H](CN)[C@@H](O)[C@H](O)[C@H]4N)[C@H]3O)[C@@H](O)[C@H](CCC(O)CN)C[C@@H]2N)O1. The molecule has 4 saturated carbocycles. The van der Waals surface area contributed by atoms with E-state index in [0.717, 1.165) is 19.3 Å². The Morgan fingerprint density at radius 3 is 0.913 bits per heavy atom. The van der Waals surface area contributed by atoms with E-state index in [1.165, 1.54) is 0 Å². The van der Waals surface area contributed by atoms with Gasteiger partial charge in [0.25, 0.3) is 0 Å². The Morgan fingerprint density at radius 1 is 0.340 bits per heavy atom. The summed E-state index contributed by atoms with van der Waals surface area (Å²) in [5.74, 6) is -3.24. The average molecular weight is 2170 g/mol. The molecule has 0 aromatic heterocycles. The van der Waals surface area contributed by atoms with Crippen LogP contribution < -0.4 is 119 Å². The fraction of sp³-hybridized carbons (Fsp3) is 0.912. The summed E-state index contributed by atoms with van der Waals surface area (Å²) in [5, 5.41) is 202. The number of aliphatic hydroxyl groups excluding tert-OH is 17. The maximum absolute atomic E-state index is 13.0. The van der Waals surface area contributed by atoms with Crippen LogP contribution in [-0.2, 0) is 94.9 Å². The zero-order valence-corrected chi connectivity index (χ0v) is 84.0. The van der Waals surface area contributed by atoms with Gasteiger partial charge in [0.1, 0.15) is 158 Å². The number of hydrogen-bond acceptors (Lipinski definition) is 59. The lowest BCUT2D eigenvalue weighted by Crippen LogP contribution is -2.64. The molecule has 10 fully saturated rings. The van der Waals surface area contributed by atoms with Gasteiger partial charge in [-0.1, -0.05) is 36.5 Å². The summed E-state index contributed by atoms with van der Waals surface area (Å²) in [5.41, 5.74) is 106. The molecule has 9 aliphatic heterocycles. The van der Waals surface area contributed by atoms with Crippen molar-refractivity contribution in [2.24, 2.45) is 121 Å². The van der Waals surface area contributed by atoms with Gasteiger partial charge >= 0.3 is 0 Å². The molecule has 59 nitrogen and oxygen atoms in total. The molecule has 0 bridgehead atoms. The topological polar surface area (TPSA) is 1070 Å². The van der Waals surface area contributed by atoms with Crippen LogP contribution in [0, 0.1) is 17.8 Å². The van der Waals surface area contributed by atoms with Crippen molar-refractivity contribution in [3.63, 3.8) is 0 Å². The van der Waals surface area contributed by atoms with Gasteiger partial charge in [-0.15, -0.1) is 0 Å². The zero-order valence-electron chi connectivity index (χ0n) is 84.0. The molecule has 0 aromatic rings. The van der Waals surface area contributed by atoms with Gasteiger partial charge in [-0.3, -0.25) is 9.59 Å². The molecule has 150 heavy (non-hydrogen) atoms. The molecular weight excluding hydrogens is 2000 g/mol. The van der Waals surface area contributed by atoms with E-state index >= 15 is 0 Å². The van der Waals surface area contributed by atoms with Gasteiger partial charge in [0.05, 0.1) is 98.8 Å². The maximum atomic E-state index is 13.0. The lowest BCUT2D eigenvalue weighted by molar-refractivity contribution is -0.286. The van der Waals surface area contributed by atoms with Crippen molar-refractivity contribution in [1.29, 1.82) is 0 Å². The predicted octanol–water partition coefficient (Wildman–Crippen LogP) is -21.6. The number of ether oxygens (including phenoxy) is 18. The van der Waals surface area contributed by atoms with Gasteiger partial charge in [-0.05, 0) is 108 Å². The van der Waals surface area contributed by atoms with Crippen LogP contribution in [0.5, 0.6) is 0 Å².